The first-order valence-corrected chi connectivity index (χ1v) is 11.1. The van der Waals surface area contributed by atoms with E-state index < -0.39 is 13.2 Å². The molecule has 0 aliphatic heterocycles. The van der Waals surface area contributed by atoms with E-state index in [1.807, 2.05) is 60.7 Å². The van der Waals surface area contributed by atoms with Crippen LogP contribution in [0.3, 0.4) is 0 Å². The topological polar surface area (TPSA) is 102 Å². The molecule has 0 fully saturated rings. The van der Waals surface area contributed by atoms with Crippen LogP contribution in [0.2, 0.25) is 0 Å². The molecule has 0 aliphatic carbocycles. The number of nitriles is 2. The highest BCUT2D eigenvalue weighted by atomic mass is 31.2. The van der Waals surface area contributed by atoms with E-state index in [-0.39, 0.29) is 31.0 Å². The molecule has 0 radical (unpaired) electrons. The SMILES string of the molecule is CCO/C(OP(=O)(OC)OC)=C(/C#N)C(C#N)(Cc1ccccc1)Cc1ccccc1. The Kier molecular flexibility index (Phi) is 8.85. The largest absolute Gasteiger partial charge is 0.531 e. The average molecular weight is 440 g/mol. The van der Waals surface area contributed by atoms with Crippen molar-refractivity contribution in [3.63, 3.8) is 0 Å². The van der Waals surface area contributed by atoms with Gasteiger partial charge in [0.1, 0.15) is 17.1 Å². The molecule has 0 aliphatic rings. The smallest absolute Gasteiger partial charge is 0.465 e. The van der Waals surface area contributed by atoms with E-state index >= 15 is 0 Å². The Hall–Kier alpha value is -3.09. The van der Waals surface area contributed by atoms with Crippen molar-refractivity contribution in [2.45, 2.75) is 19.8 Å². The molecule has 0 spiro atoms. The zero-order valence-electron chi connectivity index (χ0n) is 17.8. The number of ether oxygens (including phenoxy) is 1. The quantitative estimate of drug-likeness (QED) is 0.270. The van der Waals surface area contributed by atoms with Gasteiger partial charge in [0.15, 0.2) is 0 Å². The second-order valence-electron chi connectivity index (χ2n) is 6.63. The predicted molar refractivity (Wildman–Crippen MR) is 115 cm³/mol. The van der Waals surface area contributed by atoms with Gasteiger partial charge in [-0.2, -0.15) is 10.5 Å². The Morgan fingerprint density at radius 3 is 1.77 bits per heavy atom. The molecule has 2 rings (SSSR count). The summed E-state index contributed by atoms with van der Waals surface area (Å²) in [6, 6.07) is 23.1. The average Bonchev–Trinajstić information content (AvgIpc) is 2.80. The Morgan fingerprint density at radius 2 is 1.42 bits per heavy atom. The van der Waals surface area contributed by atoms with Crippen LogP contribution in [-0.4, -0.2) is 20.8 Å². The molecule has 8 heteroatoms. The molecule has 0 bridgehead atoms. The normalized spacial score (nSPS) is 12.3. The molecule has 0 heterocycles. The predicted octanol–water partition coefficient (Wildman–Crippen LogP) is 5.17. The Labute approximate surface area is 183 Å². The fourth-order valence-corrected chi connectivity index (χ4v) is 3.78. The van der Waals surface area contributed by atoms with Gasteiger partial charge in [-0.3, -0.25) is 9.05 Å². The summed E-state index contributed by atoms with van der Waals surface area (Å²) in [6.07, 6.45) is 0.429. The van der Waals surface area contributed by atoms with Crippen molar-refractivity contribution < 1.29 is 22.9 Å². The van der Waals surface area contributed by atoms with Crippen LogP contribution in [0.15, 0.2) is 72.2 Å². The van der Waals surface area contributed by atoms with Gasteiger partial charge in [0.05, 0.1) is 12.7 Å². The van der Waals surface area contributed by atoms with Gasteiger partial charge < -0.3 is 9.26 Å². The van der Waals surface area contributed by atoms with Gasteiger partial charge in [-0.25, -0.2) is 4.57 Å². The second-order valence-corrected chi connectivity index (χ2v) is 8.44. The first kappa shape index (κ1) is 24.2. The zero-order chi connectivity index (χ0) is 22.7. The van der Waals surface area contributed by atoms with E-state index in [1.165, 1.54) is 0 Å². The molecule has 31 heavy (non-hydrogen) atoms. The molecule has 0 saturated heterocycles. The highest BCUT2D eigenvalue weighted by molar-refractivity contribution is 7.48. The van der Waals surface area contributed by atoms with Gasteiger partial charge in [-0.15, -0.1) is 0 Å². The van der Waals surface area contributed by atoms with Crippen LogP contribution in [0.1, 0.15) is 18.1 Å². The monoisotopic (exact) mass is 440 g/mol. The highest BCUT2D eigenvalue weighted by Crippen LogP contribution is 2.51. The molecule has 0 saturated carbocycles. The zero-order valence-corrected chi connectivity index (χ0v) is 18.7. The summed E-state index contributed by atoms with van der Waals surface area (Å²) >= 11 is 0. The van der Waals surface area contributed by atoms with Crippen LogP contribution in [0.5, 0.6) is 0 Å². The van der Waals surface area contributed by atoms with Gasteiger partial charge in [-0.1, -0.05) is 60.7 Å². The first-order valence-electron chi connectivity index (χ1n) is 9.63. The summed E-state index contributed by atoms with van der Waals surface area (Å²) < 4.78 is 33.2. The number of phosphoric acid groups is 1. The lowest BCUT2D eigenvalue weighted by molar-refractivity contribution is 0.0715. The number of phosphoric ester groups is 1. The van der Waals surface area contributed by atoms with Crippen LogP contribution >= 0.6 is 7.82 Å². The van der Waals surface area contributed by atoms with E-state index in [4.69, 9.17) is 18.3 Å². The third-order valence-corrected chi connectivity index (χ3v) is 5.91. The van der Waals surface area contributed by atoms with E-state index in [9.17, 15) is 15.1 Å². The minimum atomic E-state index is -4.02. The van der Waals surface area contributed by atoms with Gasteiger partial charge in [0.25, 0.3) is 0 Å². The van der Waals surface area contributed by atoms with Crippen molar-refractivity contribution in [1.82, 2.24) is 0 Å². The van der Waals surface area contributed by atoms with Gasteiger partial charge in [-0.05, 0) is 30.9 Å². The number of allylic oxidation sites excluding steroid dienone is 1. The molecule has 2 aromatic rings. The molecular formula is C23H25N2O5P. The van der Waals surface area contributed by atoms with E-state index in [0.717, 1.165) is 25.3 Å². The van der Waals surface area contributed by atoms with Crippen molar-refractivity contribution in [1.29, 1.82) is 10.5 Å². The van der Waals surface area contributed by atoms with Gasteiger partial charge in [0, 0.05) is 14.2 Å². The van der Waals surface area contributed by atoms with E-state index in [1.54, 1.807) is 6.92 Å². The van der Waals surface area contributed by atoms with Crippen molar-refractivity contribution >= 4 is 7.82 Å². The van der Waals surface area contributed by atoms with E-state index in [2.05, 4.69) is 12.1 Å². The molecule has 0 N–H and O–H groups in total. The van der Waals surface area contributed by atoms with E-state index in [0.29, 0.717) is 0 Å². The standard InChI is InChI=1S/C23H25N2O5P/c1-4-29-22(30-31(26,27-2)28-3)21(17-24)23(18-25,15-19-11-7-5-8-12-19)16-20-13-9-6-10-14-20/h5-14H,4,15-16H2,1-3H3/b22-21+. The van der Waals surface area contributed by atoms with Gasteiger partial charge in [0.2, 0.25) is 0 Å². The Bertz CT molecular complexity index is 960. The Balaban J connectivity index is 2.69. The summed E-state index contributed by atoms with van der Waals surface area (Å²) in [5.74, 6) is -0.342. The highest BCUT2D eigenvalue weighted by Gasteiger charge is 2.41. The van der Waals surface area contributed by atoms with Crippen molar-refractivity contribution in [3.8, 4) is 12.1 Å². The molecule has 0 atom stereocenters. The number of nitrogens with zero attached hydrogens (tertiary/aromatic N) is 2. The molecule has 2 aromatic carbocycles. The van der Waals surface area contributed by atoms with Crippen molar-refractivity contribution in [2.24, 2.45) is 5.41 Å². The van der Waals surface area contributed by atoms with Gasteiger partial charge >= 0.3 is 13.8 Å². The molecule has 0 amide bonds. The van der Waals surface area contributed by atoms with Crippen LogP contribution in [0, 0.1) is 28.1 Å². The fourth-order valence-electron chi connectivity index (χ4n) is 3.14. The maximum absolute atomic E-state index is 12.6. The van der Waals surface area contributed by atoms with Crippen LogP contribution in [0.25, 0.3) is 0 Å². The van der Waals surface area contributed by atoms with Crippen molar-refractivity contribution in [3.05, 3.63) is 83.3 Å². The Morgan fingerprint density at radius 1 is 0.935 bits per heavy atom. The van der Waals surface area contributed by atoms with Crippen LogP contribution in [0.4, 0.5) is 0 Å². The fraction of sp³-hybridized carbons (Fsp3) is 0.304. The third kappa shape index (κ3) is 6.20. The number of hydrogen-bond donors (Lipinski definition) is 0. The summed E-state index contributed by atoms with van der Waals surface area (Å²) in [5, 5.41) is 20.5. The molecule has 0 unspecified atom stereocenters. The summed E-state index contributed by atoms with van der Waals surface area (Å²) in [6.45, 7) is 1.80. The minimum absolute atomic E-state index is 0.0844. The lowest BCUT2D eigenvalue weighted by atomic mass is 9.72. The molecular weight excluding hydrogens is 415 g/mol. The lowest BCUT2D eigenvalue weighted by Gasteiger charge is -2.28. The summed E-state index contributed by atoms with van der Waals surface area (Å²) in [4.78, 5) is 0. The van der Waals surface area contributed by atoms with Crippen LogP contribution < -0.4 is 0 Å². The first-order chi connectivity index (χ1) is 15.0. The molecule has 7 nitrogen and oxygen atoms in total. The summed E-state index contributed by atoms with van der Waals surface area (Å²) in [5.41, 5.74) is 0.267. The maximum Gasteiger partial charge on any atom is 0.531 e. The van der Waals surface area contributed by atoms with Crippen LogP contribution in [-0.2, 0) is 35.7 Å². The number of rotatable bonds is 11. The third-order valence-electron chi connectivity index (χ3n) is 4.62. The van der Waals surface area contributed by atoms with Crippen molar-refractivity contribution in [2.75, 3.05) is 20.8 Å². The maximum atomic E-state index is 12.6. The number of benzene rings is 2. The molecule has 162 valence electrons. The number of hydrogen-bond acceptors (Lipinski definition) is 7. The second kappa shape index (κ2) is 11.3. The lowest BCUT2D eigenvalue weighted by Crippen LogP contribution is -2.29. The summed E-state index contributed by atoms with van der Waals surface area (Å²) in [7, 11) is -1.71. The minimum Gasteiger partial charge on any atom is -0.465 e. The molecule has 0 aromatic heterocycles.